The first-order valence-electron chi connectivity index (χ1n) is 35.5. The Hall–Kier alpha value is -14.4. The second-order valence-corrected chi connectivity index (χ2v) is 27.1. The lowest BCUT2D eigenvalue weighted by Crippen LogP contribution is -2.10. The number of phenolic OH excluding ortho intramolecular Hbond substituents is 2. The highest BCUT2D eigenvalue weighted by Crippen LogP contribution is 2.32. The number of hydrogen-bond acceptors (Lipinski definition) is 14. The molecule has 19 nitrogen and oxygen atoms in total. The molecule has 0 aliphatic carbocycles. The van der Waals surface area contributed by atoms with Gasteiger partial charge in [0.25, 0.3) is 0 Å². The van der Waals surface area contributed by atoms with Gasteiger partial charge in [-0.25, -0.2) is 4.79 Å². The summed E-state index contributed by atoms with van der Waals surface area (Å²) < 4.78 is 11.0. The van der Waals surface area contributed by atoms with Crippen molar-refractivity contribution in [2.24, 2.45) is 0 Å². The van der Waals surface area contributed by atoms with Gasteiger partial charge in [-0.1, -0.05) is 247 Å². The number of allylic oxidation sites excluding steroid dienone is 1. The summed E-state index contributed by atoms with van der Waals surface area (Å²) in [6.07, 6.45) is 15.3. The highest BCUT2D eigenvalue weighted by molar-refractivity contribution is 6.66. The normalized spacial score (nSPS) is 10.7. The fourth-order valence-electron chi connectivity index (χ4n) is 11.0. The highest BCUT2D eigenvalue weighted by Gasteiger charge is 2.12. The quantitative estimate of drug-likeness (QED) is 0.0171. The molecule has 118 heavy (non-hydrogen) atoms. The number of nitriles is 1. The number of carbonyl (C=O) groups is 5. The lowest BCUT2D eigenvalue weighted by molar-refractivity contribution is -0.131. The van der Waals surface area contributed by atoms with Crippen LogP contribution in [0.2, 0.25) is 20.1 Å². The molecular formula is C94H76Cl5N9O10. The van der Waals surface area contributed by atoms with Gasteiger partial charge in [0.05, 0.1) is 22.7 Å². The molecule has 15 rings (SSSR count). The molecule has 0 saturated carbocycles. The number of carboxylic acids is 1. The number of nitrogen functional groups attached to an aromatic ring is 1. The minimum absolute atomic E-state index is 0. The van der Waals surface area contributed by atoms with Crippen molar-refractivity contribution in [1.82, 2.24) is 20.6 Å². The van der Waals surface area contributed by atoms with Crippen LogP contribution in [0.15, 0.2) is 315 Å². The minimum Gasteiger partial charge on any atom is -0.506 e. The second kappa shape index (κ2) is 44.9. The summed E-state index contributed by atoms with van der Waals surface area (Å²) in [7, 11) is 0. The summed E-state index contributed by atoms with van der Waals surface area (Å²) in [4.78, 5) is 57.5. The summed E-state index contributed by atoms with van der Waals surface area (Å²) in [6.45, 7) is -0.00857. The smallest absolute Gasteiger partial charge is 0.328 e. The molecule has 0 bridgehead atoms. The topological polar surface area (TPSA) is 305 Å². The van der Waals surface area contributed by atoms with Gasteiger partial charge in [-0.3, -0.25) is 19.2 Å². The van der Waals surface area contributed by atoms with Crippen molar-refractivity contribution in [2.45, 2.75) is 14.0 Å². The number of aromatic nitrogens is 4. The number of carboxylic acid groups (broad SMARTS) is 1. The number of nitrogens with two attached hydrogens (primary N) is 1. The maximum Gasteiger partial charge on any atom is 0.328 e. The number of tetrazole rings is 1. The van der Waals surface area contributed by atoms with Crippen LogP contribution in [0.25, 0.3) is 84.2 Å². The van der Waals surface area contributed by atoms with E-state index in [9.17, 15) is 29.1 Å². The van der Waals surface area contributed by atoms with Crippen molar-refractivity contribution in [3.8, 4) is 29.1 Å². The molecule has 592 valence electrons. The first-order valence-corrected chi connectivity index (χ1v) is 37.4. The standard InChI is InChI=1S/C21H16ClN5O2.C21H15ClN2O2.C19H14ClNO2.C13H9ClO.C13H10O2.C6H6ClNO.CH4.H2/c22-17-8-9-19(29-13-20-24-26-27-25-20)18(12-17)23-21(28)10-6-14-5-7-15-3-1-2-4-16(15)11-14;22-18-8-9-20(26-12-11-23)19(14-18)24-21(25)10-6-15-5-7-16-3-1-2-4-17(16)13-15;20-16-8-9-18(22)17(12-16)21-19(23)10-6-13-5-7-14-3-1-2-4-15(14)11-13;2*14-13(15)8-6-10-5-7-11-3-1-2-4-12(11)9-10;7-4-1-2-6(9)5(8)3-4;;/h1-12H,13H2,(H,23,28)(H,24,25,26,27);1-10,13-14H,12H2,(H,24,25);1-12,22H,(H,21,23);1-9H;1-9H,(H,14,15);1-3,9H,8H2;1H4;1H/b3*10-6+;2*8-6+;;;/i;;;;;;;1+1. The number of H-pyrrole nitrogens is 1. The number of hydrogen-bond donors (Lipinski definition) is 8. The fourth-order valence-corrected chi connectivity index (χ4v) is 11.8. The maximum absolute atomic E-state index is 12.4. The predicted molar refractivity (Wildman–Crippen MR) is 481 cm³/mol. The van der Waals surface area contributed by atoms with Gasteiger partial charge >= 0.3 is 5.97 Å². The average molecular weight is 1670 g/mol. The van der Waals surface area contributed by atoms with Gasteiger partial charge in [0, 0.05) is 45.8 Å². The molecule has 0 aliphatic heterocycles. The van der Waals surface area contributed by atoms with Crippen LogP contribution in [-0.2, 0) is 30.6 Å². The molecular weight excluding hydrogens is 1590 g/mol. The van der Waals surface area contributed by atoms with Gasteiger partial charge in [-0.15, -0.1) is 10.2 Å². The van der Waals surface area contributed by atoms with E-state index in [0.29, 0.717) is 54.5 Å². The Morgan fingerprint density at radius 3 is 1.08 bits per heavy atom. The van der Waals surface area contributed by atoms with Gasteiger partial charge in [0.15, 0.2) is 13.2 Å². The van der Waals surface area contributed by atoms with E-state index in [-0.39, 0.29) is 57.0 Å². The number of halogens is 5. The van der Waals surface area contributed by atoms with Crippen LogP contribution >= 0.6 is 58.0 Å². The number of nitrogens with zero attached hydrogens (tertiary/aromatic N) is 4. The molecule has 0 aliphatic rings. The number of aromatic amines is 1. The van der Waals surface area contributed by atoms with Gasteiger partial charge in [-0.2, -0.15) is 10.5 Å². The largest absolute Gasteiger partial charge is 0.506 e. The van der Waals surface area contributed by atoms with Gasteiger partial charge in [-0.05, 0) is 227 Å². The van der Waals surface area contributed by atoms with Crippen molar-refractivity contribution in [3.05, 3.63) is 369 Å². The first-order chi connectivity index (χ1) is 56.6. The zero-order valence-corrected chi connectivity index (χ0v) is 65.6. The van der Waals surface area contributed by atoms with Gasteiger partial charge in [0.1, 0.15) is 29.1 Å². The number of rotatable bonds is 18. The van der Waals surface area contributed by atoms with E-state index in [4.69, 9.17) is 88.7 Å². The van der Waals surface area contributed by atoms with E-state index in [1.54, 1.807) is 78.9 Å². The summed E-state index contributed by atoms with van der Waals surface area (Å²) in [5.74, 6) is -0.601. The van der Waals surface area contributed by atoms with E-state index in [0.717, 1.165) is 82.4 Å². The number of anilines is 4. The van der Waals surface area contributed by atoms with Gasteiger partial charge < -0.3 is 46.5 Å². The van der Waals surface area contributed by atoms with Crippen LogP contribution in [0.1, 0.15) is 42.5 Å². The Labute approximate surface area is 705 Å². The van der Waals surface area contributed by atoms with E-state index in [2.05, 4.69) is 42.6 Å². The first kappa shape index (κ1) is 87.6. The summed E-state index contributed by atoms with van der Waals surface area (Å²) in [5.41, 5.74) is 11.4. The number of ether oxygens (including phenoxy) is 2. The zero-order valence-electron chi connectivity index (χ0n) is 61.8. The number of aliphatic carboxylic acids is 1. The number of amides is 3. The number of phenols is 2. The Bertz CT molecular complexity index is 6160. The van der Waals surface area contributed by atoms with Crippen molar-refractivity contribution in [1.29, 1.82) is 5.26 Å². The van der Waals surface area contributed by atoms with Crippen molar-refractivity contribution >= 4 is 194 Å². The Morgan fingerprint density at radius 1 is 0.415 bits per heavy atom. The number of fused-ring (bicyclic) bond motifs is 5. The van der Waals surface area contributed by atoms with Crippen LogP contribution in [0, 0.1) is 11.3 Å². The predicted octanol–water partition coefficient (Wildman–Crippen LogP) is 23.2. The lowest BCUT2D eigenvalue weighted by Gasteiger charge is -2.11. The fraction of sp³-hybridized carbons (Fsp3) is 0.0319. The zero-order chi connectivity index (χ0) is 82.8. The molecule has 9 N–H and O–H groups in total. The number of benzene rings is 14. The molecule has 1 heterocycles. The molecule has 0 spiro atoms. The molecule has 24 heteroatoms. The molecule has 0 saturated heterocycles. The van der Waals surface area contributed by atoms with E-state index >= 15 is 0 Å². The summed E-state index contributed by atoms with van der Waals surface area (Å²) in [6, 6.07) is 90.7. The molecule has 14 aromatic carbocycles. The van der Waals surface area contributed by atoms with E-state index in [1.807, 2.05) is 212 Å². The number of nitrogens with one attached hydrogen (secondary N) is 4. The maximum atomic E-state index is 12.4. The van der Waals surface area contributed by atoms with Crippen molar-refractivity contribution in [3.63, 3.8) is 0 Å². The van der Waals surface area contributed by atoms with E-state index < -0.39 is 11.2 Å². The molecule has 3 amide bonds. The Morgan fingerprint density at radius 2 is 0.737 bits per heavy atom. The molecule has 1 aromatic heterocycles. The van der Waals surface area contributed by atoms with Crippen LogP contribution in [0.3, 0.4) is 0 Å². The SMILES string of the molecule is C.N#CCOc1ccc(Cl)cc1NC(=O)/C=C/c1ccc2ccccc2c1.Nc1cc(Cl)ccc1O.O=C(/C=C/c1ccc2ccccc2c1)Nc1cc(Cl)ccc1O.O=C(/C=C/c1ccc2ccccc2c1)Nc1cc(Cl)ccc1OCc1nn[nH]n1.O=C(Cl)/C=C/c1ccc2ccccc2c1.O=C(O)/C=C/c1ccc2ccccc2c1.[2HH]. The molecule has 0 atom stereocenters. The molecule has 0 unspecified atom stereocenters. The van der Waals surface area contributed by atoms with Crippen LogP contribution < -0.4 is 31.2 Å². The lowest BCUT2D eigenvalue weighted by atomic mass is 10.1. The third-order valence-electron chi connectivity index (χ3n) is 16.6. The number of aromatic hydroxyl groups is 2. The van der Waals surface area contributed by atoms with Crippen LogP contribution in [0.5, 0.6) is 23.0 Å². The van der Waals surface area contributed by atoms with Crippen molar-refractivity contribution in [2.75, 3.05) is 28.3 Å². The Balaban J connectivity index is 0.000000183. The van der Waals surface area contributed by atoms with Crippen molar-refractivity contribution < 1.29 is 50.2 Å². The average Bonchev–Trinajstić information content (AvgIpc) is 1.47. The molecule has 0 fully saturated rings. The van der Waals surface area contributed by atoms with E-state index in [1.165, 1.54) is 54.0 Å². The summed E-state index contributed by atoms with van der Waals surface area (Å²) >= 11 is 28.6. The third kappa shape index (κ3) is 28.3. The Kier molecular flexibility index (Phi) is 33.3. The molecule has 15 aromatic rings. The molecule has 0 radical (unpaired) electrons. The van der Waals surface area contributed by atoms with Gasteiger partial charge in [0.2, 0.25) is 28.8 Å². The third-order valence-corrected chi connectivity index (χ3v) is 17.7. The summed E-state index contributed by atoms with van der Waals surface area (Å²) in [5, 5.41) is 70.1. The number of carbonyl (C=O) groups excluding carboxylic acids is 4. The minimum atomic E-state index is -0.928. The monoisotopic (exact) mass is 1670 g/mol. The highest BCUT2D eigenvalue weighted by atomic mass is 35.5. The van der Waals surface area contributed by atoms with Crippen LogP contribution in [-0.4, -0.2) is 71.5 Å². The second-order valence-electron chi connectivity index (χ2n) is 25.0. The van der Waals surface area contributed by atoms with Crippen LogP contribution in [0.4, 0.5) is 22.7 Å².